The normalized spacial score (nSPS) is 11.1. The molecule has 158 valence electrons. The van der Waals surface area contributed by atoms with E-state index in [9.17, 15) is 14.0 Å². The summed E-state index contributed by atoms with van der Waals surface area (Å²) in [5.74, 6) is -0.908. The summed E-state index contributed by atoms with van der Waals surface area (Å²) >= 11 is 13.5. The summed E-state index contributed by atoms with van der Waals surface area (Å²) in [6.07, 6.45) is 0. The quantitative estimate of drug-likeness (QED) is 0.240. The van der Waals surface area contributed by atoms with Crippen LogP contribution in [0.3, 0.4) is 0 Å². The fourth-order valence-corrected chi connectivity index (χ4v) is 5.14. The van der Waals surface area contributed by atoms with Crippen molar-refractivity contribution in [2.75, 3.05) is 11.1 Å². The van der Waals surface area contributed by atoms with Crippen LogP contribution in [-0.4, -0.2) is 25.8 Å². The van der Waals surface area contributed by atoms with Gasteiger partial charge in [-0.3, -0.25) is 18.7 Å². The van der Waals surface area contributed by atoms with Crippen molar-refractivity contribution < 1.29 is 9.18 Å². The van der Waals surface area contributed by atoms with E-state index in [0.29, 0.717) is 25.1 Å². The number of hydrogen-bond acceptors (Lipinski definition) is 6. The molecule has 0 radical (unpaired) electrons. The van der Waals surface area contributed by atoms with E-state index in [4.69, 9.17) is 23.8 Å². The Hall–Kier alpha value is -2.53. The number of rotatable bonds is 5. The Balaban J connectivity index is 1.62. The molecule has 0 aliphatic rings. The van der Waals surface area contributed by atoms with Crippen molar-refractivity contribution in [3.05, 3.63) is 73.7 Å². The molecule has 0 bridgehead atoms. The lowest BCUT2D eigenvalue weighted by molar-refractivity contribution is -0.113. The molecule has 0 fully saturated rings. The highest BCUT2D eigenvalue weighted by Gasteiger charge is 2.17. The molecule has 2 aromatic heterocycles. The Labute approximate surface area is 194 Å². The van der Waals surface area contributed by atoms with Crippen LogP contribution in [-0.2, 0) is 11.8 Å². The number of thioether (sulfide) groups is 1. The first-order valence-electron chi connectivity index (χ1n) is 8.91. The van der Waals surface area contributed by atoms with Crippen molar-refractivity contribution in [3.63, 3.8) is 0 Å². The maximum atomic E-state index is 13.3. The van der Waals surface area contributed by atoms with E-state index in [0.717, 1.165) is 17.4 Å². The molecule has 2 aromatic carbocycles. The first-order chi connectivity index (χ1) is 14.8. The highest BCUT2D eigenvalue weighted by molar-refractivity contribution is 7.99. The Morgan fingerprint density at radius 1 is 1.29 bits per heavy atom. The van der Waals surface area contributed by atoms with Gasteiger partial charge in [0.15, 0.2) is 14.8 Å². The van der Waals surface area contributed by atoms with Gasteiger partial charge in [-0.1, -0.05) is 52.9 Å². The molecule has 1 amide bonds. The number of carbonyl (C=O) groups is 1. The molecule has 31 heavy (non-hydrogen) atoms. The largest absolute Gasteiger partial charge is 0.325 e. The number of hydrogen-bond donors (Lipinski definition) is 1. The van der Waals surface area contributed by atoms with Gasteiger partial charge in [0.2, 0.25) is 5.91 Å². The Morgan fingerprint density at radius 3 is 2.74 bits per heavy atom. The zero-order valence-electron chi connectivity index (χ0n) is 16.0. The summed E-state index contributed by atoms with van der Waals surface area (Å²) in [7, 11) is 1.60. The predicted molar refractivity (Wildman–Crippen MR) is 126 cm³/mol. The first-order valence-corrected chi connectivity index (χ1v) is 11.5. The summed E-state index contributed by atoms with van der Waals surface area (Å²) in [6, 6.07) is 13.3. The van der Waals surface area contributed by atoms with Crippen LogP contribution in [0.15, 0.2) is 58.5 Å². The van der Waals surface area contributed by atoms with Crippen molar-refractivity contribution in [1.29, 1.82) is 0 Å². The highest BCUT2D eigenvalue weighted by atomic mass is 35.5. The third kappa shape index (κ3) is 4.42. The average molecular weight is 493 g/mol. The Bertz CT molecular complexity index is 1420. The van der Waals surface area contributed by atoms with E-state index in [1.54, 1.807) is 11.6 Å². The van der Waals surface area contributed by atoms with Gasteiger partial charge in [-0.25, -0.2) is 9.37 Å². The minimum Gasteiger partial charge on any atom is -0.325 e. The molecule has 0 spiro atoms. The number of anilines is 1. The number of thiazole rings is 1. The van der Waals surface area contributed by atoms with Gasteiger partial charge in [-0.2, -0.15) is 0 Å². The van der Waals surface area contributed by atoms with E-state index >= 15 is 0 Å². The summed E-state index contributed by atoms with van der Waals surface area (Å²) in [5.41, 5.74) is 1.41. The number of amides is 1. The topological polar surface area (TPSA) is 68.9 Å². The van der Waals surface area contributed by atoms with Crippen LogP contribution >= 0.6 is 46.9 Å². The van der Waals surface area contributed by atoms with Gasteiger partial charge >= 0.3 is 0 Å². The summed E-state index contributed by atoms with van der Waals surface area (Å²) in [6.45, 7) is 0. The monoisotopic (exact) mass is 492 g/mol. The van der Waals surface area contributed by atoms with E-state index < -0.39 is 5.82 Å². The minimum absolute atomic E-state index is 0.00299. The van der Waals surface area contributed by atoms with Gasteiger partial charge in [-0.15, -0.1) is 0 Å². The van der Waals surface area contributed by atoms with Crippen LogP contribution in [0.1, 0.15) is 0 Å². The van der Waals surface area contributed by atoms with Gasteiger partial charge in [0.1, 0.15) is 10.5 Å². The van der Waals surface area contributed by atoms with E-state index in [2.05, 4.69) is 10.3 Å². The van der Waals surface area contributed by atoms with Crippen LogP contribution < -0.4 is 10.9 Å². The second kappa shape index (κ2) is 8.91. The number of benzene rings is 2. The lowest BCUT2D eigenvalue weighted by atomic mass is 10.3. The van der Waals surface area contributed by atoms with E-state index in [-0.39, 0.29) is 22.2 Å². The first kappa shape index (κ1) is 21.7. The zero-order valence-corrected chi connectivity index (χ0v) is 19.2. The molecule has 6 nitrogen and oxygen atoms in total. The molecule has 0 saturated heterocycles. The van der Waals surface area contributed by atoms with Crippen molar-refractivity contribution >= 4 is 68.9 Å². The maximum Gasteiger partial charge on any atom is 0.273 e. The molecule has 2 heterocycles. The molecular weight excluding hydrogens is 479 g/mol. The number of carbonyl (C=O) groups excluding carboxylic acids is 1. The summed E-state index contributed by atoms with van der Waals surface area (Å²) < 4.78 is 17.4. The number of halogens is 2. The Morgan fingerprint density at radius 2 is 2.03 bits per heavy atom. The lowest BCUT2D eigenvalue weighted by Gasteiger charge is -2.09. The van der Waals surface area contributed by atoms with Gasteiger partial charge in [0, 0.05) is 18.4 Å². The smallest absolute Gasteiger partial charge is 0.273 e. The van der Waals surface area contributed by atoms with Crippen LogP contribution in [0.2, 0.25) is 5.02 Å². The van der Waals surface area contributed by atoms with Gasteiger partial charge in [0.25, 0.3) is 5.56 Å². The van der Waals surface area contributed by atoms with Gasteiger partial charge in [-0.05, 0) is 42.5 Å². The summed E-state index contributed by atoms with van der Waals surface area (Å²) in [5, 5.41) is 2.94. The standard InChI is InChI=1S/C20H14ClFN4O2S3/c1-25-18(28)16-17(26(20(29)31-16)12-5-3-2-4-6-12)24-19(25)30-10-15(27)23-11-7-8-14(22)13(21)9-11/h2-9H,10H2,1H3,(H,23,27). The number of fused-ring (bicyclic) bond motifs is 1. The van der Waals surface area contributed by atoms with Crippen molar-refractivity contribution in [2.45, 2.75) is 5.16 Å². The number of nitrogens with one attached hydrogen (secondary N) is 1. The fourth-order valence-electron chi connectivity index (χ4n) is 2.85. The average Bonchev–Trinajstić information content (AvgIpc) is 3.09. The molecule has 0 saturated carbocycles. The second-order valence-corrected chi connectivity index (χ2v) is 9.41. The second-order valence-electron chi connectivity index (χ2n) is 6.42. The third-order valence-electron chi connectivity index (χ3n) is 4.32. The van der Waals surface area contributed by atoms with E-state index in [1.165, 1.54) is 34.1 Å². The molecule has 0 unspecified atom stereocenters. The van der Waals surface area contributed by atoms with Crippen molar-refractivity contribution in [3.8, 4) is 5.69 Å². The van der Waals surface area contributed by atoms with Crippen LogP contribution in [0.4, 0.5) is 10.1 Å². The number of aromatic nitrogens is 3. The zero-order chi connectivity index (χ0) is 22.1. The Kier molecular flexibility index (Phi) is 6.24. The van der Waals surface area contributed by atoms with Crippen molar-refractivity contribution in [2.24, 2.45) is 7.05 Å². The fraction of sp³-hybridized carbons (Fsp3) is 0.100. The molecule has 0 aliphatic carbocycles. The molecule has 1 N–H and O–H groups in total. The van der Waals surface area contributed by atoms with Crippen LogP contribution in [0.25, 0.3) is 16.0 Å². The number of para-hydroxylation sites is 1. The third-order valence-corrected chi connectivity index (χ3v) is 6.99. The number of nitrogens with zero attached hydrogens (tertiary/aromatic N) is 3. The highest BCUT2D eigenvalue weighted by Crippen LogP contribution is 2.26. The molecular formula is C20H14ClFN4O2S3. The molecule has 0 aliphatic heterocycles. The molecule has 4 aromatic rings. The van der Waals surface area contributed by atoms with Crippen LogP contribution in [0.5, 0.6) is 0 Å². The van der Waals surface area contributed by atoms with Crippen molar-refractivity contribution in [1.82, 2.24) is 14.1 Å². The molecule has 0 atom stereocenters. The summed E-state index contributed by atoms with van der Waals surface area (Å²) in [4.78, 5) is 29.8. The minimum atomic E-state index is -0.565. The molecule has 4 rings (SSSR count). The maximum absolute atomic E-state index is 13.3. The van der Waals surface area contributed by atoms with Gasteiger partial charge < -0.3 is 5.32 Å². The van der Waals surface area contributed by atoms with Crippen LogP contribution in [0, 0.1) is 9.77 Å². The lowest BCUT2D eigenvalue weighted by Crippen LogP contribution is -2.21. The van der Waals surface area contributed by atoms with E-state index in [1.807, 2.05) is 30.3 Å². The molecule has 11 heteroatoms. The predicted octanol–water partition coefficient (Wildman–Crippen LogP) is 5.04. The SMILES string of the molecule is Cn1c(SCC(=O)Nc2ccc(F)c(Cl)c2)nc2c(sc(=S)n2-c2ccccc2)c1=O. The van der Waals surface area contributed by atoms with Gasteiger partial charge in [0.05, 0.1) is 10.8 Å².